The van der Waals surface area contributed by atoms with E-state index in [1.54, 1.807) is 23.0 Å². The van der Waals surface area contributed by atoms with Crippen LogP contribution in [-0.2, 0) is 9.59 Å². The molecule has 2 rings (SSSR count). The third kappa shape index (κ3) is 1.81. The monoisotopic (exact) mass is 244 g/mol. The quantitative estimate of drug-likeness (QED) is 0.796. The number of carboxylic acid groups (broad SMARTS) is 1. The number of anilines is 1. The topological polar surface area (TPSA) is 70.5 Å². The molecule has 0 fully saturated rings. The SMILES string of the molecule is CCN1C=C(C(=O)O)C(=C=O)c2ccc(C)nc21. The third-order valence-corrected chi connectivity index (χ3v) is 2.78. The lowest BCUT2D eigenvalue weighted by Gasteiger charge is -2.26. The fourth-order valence-corrected chi connectivity index (χ4v) is 1.90. The minimum absolute atomic E-state index is 0.0506. The Labute approximate surface area is 104 Å². The molecule has 1 aliphatic heterocycles. The first kappa shape index (κ1) is 12.1. The van der Waals surface area contributed by atoms with Gasteiger partial charge in [0, 0.05) is 24.0 Å². The summed E-state index contributed by atoms with van der Waals surface area (Å²) >= 11 is 0. The molecular formula is C13H12N2O3. The highest BCUT2D eigenvalue weighted by Crippen LogP contribution is 2.34. The van der Waals surface area contributed by atoms with Crippen molar-refractivity contribution in [3.05, 3.63) is 35.2 Å². The molecule has 0 radical (unpaired) electrons. The predicted octanol–water partition coefficient (Wildman–Crippen LogP) is 1.41. The van der Waals surface area contributed by atoms with Crippen LogP contribution in [0.4, 0.5) is 5.82 Å². The van der Waals surface area contributed by atoms with Crippen LogP contribution in [0.2, 0.25) is 0 Å². The molecule has 1 aromatic rings. The smallest absolute Gasteiger partial charge is 0.338 e. The summed E-state index contributed by atoms with van der Waals surface area (Å²) in [6, 6.07) is 3.45. The fourth-order valence-electron chi connectivity index (χ4n) is 1.90. The van der Waals surface area contributed by atoms with E-state index >= 15 is 0 Å². The number of hydrogen-bond donors (Lipinski definition) is 1. The highest BCUT2D eigenvalue weighted by molar-refractivity contribution is 6.15. The summed E-state index contributed by atoms with van der Waals surface area (Å²) in [4.78, 5) is 28.2. The number of rotatable bonds is 2. The summed E-state index contributed by atoms with van der Waals surface area (Å²) < 4.78 is 0. The van der Waals surface area contributed by atoms with Crippen LogP contribution < -0.4 is 4.90 Å². The number of aryl methyl sites for hydroxylation is 1. The van der Waals surface area contributed by atoms with Crippen molar-refractivity contribution in [1.82, 2.24) is 4.98 Å². The largest absolute Gasteiger partial charge is 0.478 e. The van der Waals surface area contributed by atoms with Gasteiger partial charge in [-0.05, 0) is 26.0 Å². The number of pyridine rings is 1. The minimum atomic E-state index is -1.14. The minimum Gasteiger partial charge on any atom is -0.478 e. The van der Waals surface area contributed by atoms with E-state index in [2.05, 4.69) is 4.98 Å². The Hall–Kier alpha value is -2.39. The fraction of sp³-hybridized carbons (Fsp3) is 0.231. The van der Waals surface area contributed by atoms with E-state index in [0.717, 1.165) is 5.69 Å². The average molecular weight is 244 g/mol. The second-order valence-electron chi connectivity index (χ2n) is 3.93. The number of aliphatic carboxylic acids is 1. The average Bonchev–Trinajstić information content (AvgIpc) is 2.36. The number of fused-ring (bicyclic) bond motifs is 1. The molecule has 5 heteroatoms. The Morgan fingerprint density at radius 1 is 1.50 bits per heavy atom. The van der Waals surface area contributed by atoms with Crippen molar-refractivity contribution >= 4 is 23.3 Å². The third-order valence-electron chi connectivity index (χ3n) is 2.78. The van der Waals surface area contributed by atoms with Crippen LogP contribution in [0.5, 0.6) is 0 Å². The molecule has 1 N–H and O–H groups in total. The molecule has 0 spiro atoms. The molecule has 5 nitrogen and oxygen atoms in total. The second kappa shape index (κ2) is 4.47. The summed E-state index contributed by atoms with van der Waals surface area (Å²) in [5.74, 6) is 1.16. The molecular weight excluding hydrogens is 232 g/mol. The van der Waals surface area contributed by atoms with Gasteiger partial charge in [0.1, 0.15) is 11.8 Å². The molecule has 0 saturated carbocycles. The summed E-state index contributed by atoms with van der Waals surface area (Å²) in [5, 5.41) is 9.12. The summed E-state index contributed by atoms with van der Waals surface area (Å²) in [7, 11) is 0. The Morgan fingerprint density at radius 3 is 2.78 bits per heavy atom. The van der Waals surface area contributed by atoms with E-state index in [1.807, 2.05) is 13.8 Å². The standard InChI is InChI=1S/C13H12N2O3/c1-3-15-6-10(13(17)18)11(7-16)9-5-4-8(2)14-12(9)15/h4-6H,3H2,1-2H3,(H,17,18). The maximum Gasteiger partial charge on any atom is 0.338 e. The van der Waals surface area contributed by atoms with E-state index in [1.165, 1.54) is 6.20 Å². The lowest BCUT2D eigenvalue weighted by Crippen LogP contribution is -2.25. The Kier molecular flexibility index (Phi) is 3.00. The molecule has 92 valence electrons. The Morgan fingerprint density at radius 2 is 2.22 bits per heavy atom. The van der Waals surface area contributed by atoms with Crippen LogP contribution in [0.1, 0.15) is 18.2 Å². The molecule has 2 heterocycles. The first-order valence-electron chi connectivity index (χ1n) is 5.53. The maximum atomic E-state index is 11.1. The van der Waals surface area contributed by atoms with Crippen molar-refractivity contribution in [3.63, 3.8) is 0 Å². The van der Waals surface area contributed by atoms with Gasteiger partial charge in [-0.2, -0.15) is 0 Å². The molecule has 0 atom stereocenters. The number of aromatic nitrogens is 1. The molecule has 18 heavy (non-hydrogen) atoms. The predicted molar refractivity (Wildman–Crippen MR) is 66.8 cm³/mol. The van der Waals surface area contributed by atoms with Crippen LogP contribution in [0.15, 0.2) is 23.9 Å². The van der Waals surface area contributed by atoms with Gasteiger partial charge in [-0.25, -0.2) is 14.6 Å². The van der Waals surface area contributed by atoms with Gasteiger partial charge in [-0.1, -0.05) is 0 Å². The zero-order chi connectivity index (χ0) is 13.3. The highest BCUT2D eigenvalue weighted by Gasteiger charge is 2.27. The molecule has 0 unspecified atom stereocenters. The van der Waals surface area contributed by atoms with E-state index < -0.39 is 5.97 Å². The Bertz CT molecular complexity index is 598. The van der Waals surface area contributed by atoms with Crippen LogP contribution >= 0.6 is 0 Å². The molecule has 1 aliphatic rings. The number of carbonyl (C=O) groups excluding carboxylic acids is 1. The van der Waals surface area contributed by atoms with Gasteiger partial charge in [-0.15, -0.1) is 0 Å². The van der Waals surface area contributed by atoms with Crippen molar-refractivity contribution < 1.29 is 14.7 Å². The second-order valence-corrected chi connectivity index (χ2v) is 3.93. The zero-order valence-electron chi connectivity index (χ0n) is 10.1. The van der Waals surface area contributed by atoms with Crippen molar-refractivity contribution in [3.8, 4) is 0 Å². The summed E-state index contributed by atoms with van der Waals surface area (Å²) in [6.07, 6.45) is 1.43. The lowest BCUT2D eigenvalue weighted by molar-refractivity contribution is -0.132. The van der Waals surface area contributed by atoms with Crippen molar-refractivity contribution in [2.45, 2.75) is 13.8 Å². The maximum absolute atomic E-state index is 11.1. The van der Waals surface area contributed by atoms with Gasteiger partial charge in [0.25, 0.3) is 0 Å². The molecule has 0 amide bonds. The van der Waals surface area contributed by atoms with Gasteiger partial charge in [0.15, 0.2) is 0 Å². The van der Waals surface area contributed by atoms with Gasteiger partial charge in [0.05, 0.1) is 11.1 Å². The van der Waals surface area contributed by atoms with Gasteiger partial charge in [0.2, 0.25) is 0 Å². The molecule has 0 saturated heterocycles. The van der Waals surface area contributed by atoms with Crippen molar-refractivity contribution in [2.24, 2.45) is 0 Å². The molecule has 0 aliphatic carbocycles. The first-order valence-corrected chi connectivity index (χ1v) is 5.53. The normalized spacial score (nSPS) is 13.8. The van der Waals surface area contributed by atoms with Crippen LogP contribution in [0, 0.1) is 6.92 Å². The van der Waals surface area contributed by atoms with Crippen LogP contribution in [0.25, 0.3) is 5.57 Å². The summed E-state index contributed by atoms with van der Waals surface area (Å²) in [6.45, 7) is 4.31. The van der Waals surface area contributed by atoms with Gasteiger partial charge >= 0.3 is 5.97 Å². The van der Waals surface area contributed by atoms with E-state index in [9.17, 15) is 9.59 Å². The number of nitrogens with zero attached hydrogens (tertiary/aromatic N) is 2. The number of hydrogen-bond acceptors (Lipinski definition) is 4. The van der Waals surface area contributed by atoms with E-state index in [4.69, 9.17) is 5.11 Å². The van der Waals surface area contributed by atoms with Crippen LogP contribution in [-0.4, -0.2) is 28.5 Å². The first-order chi connectivity index (χ1) is 8.58. The van der Waals surface area contributed by atoms with Crippen molar-refractivity contribution in [2.75, 3.05) is 11.4 Å². The lowest BCUT2D eigenvalue weighted by atomic mass is 9.97. The Balaban J connectivity index is 2.70. The molecule has 0 aromatic carbocycles. The van der Waals surface area contributed by atoms with Gasteiger partial charge < -0.3 is 10.0 Å². The highest BCUT2D eigenvalue weighted by atomic mass is 16.4. The van der Waals surface area contributed by atoms with Crippen LogP contribution in [0.3, 0.4) is 0 Å². The number of carbonyl (C=O) groups is 1. The van der Waals surface area contributed by atoms with Gasteiger partial charge in [-0.3, -0.25) is 0 Å². The summed E-state index contributed by atoms with van der Waals surface area (Å²) in [5.41, 5.74) is 1.32. The van der Waals surface area contributed by atoms with E-state index in [-0.39, 0.29) is 11.1 Å². The van der Waals surface area contributed by atoms with Crippen molar-refractivity contribution in [1.29, 1.82) is 0 Å². The number of carboxylic acids is 1. The molecule has 0 bridgehead atoms. The zero-order valence-corrected chi connectivity index (χ0v) is 10.1. The van der Waals surface area contributed by atoms with E-state index in [0.29, 0.717) is 17.9 Å². The molecule has 1 aromatic heterocycles.